The number of amides is 1. The number of aliphatic hydroxyl groups excluding tert-OH is 1. The minimum atomic E-state index is -0.582. The average Bonchev–Trinajstić information content (AvgIpc) is 2.60. The molecule has 0 bridgehead atoms. The number of aliphatic hydroxyl groups is 1. The summed E-state index contributed by atoms with van der Waals surface area (Å²) >= 11 is 0. The highest BCUT2D eigenvalue weighted by Crippen LogP contribution is 2.17. The molecule has 2 atom stereocenters. The van der Waals surface area contributed by atoms with Crippen LogP contribution in [0.15, 0.2) is 60.7 Å². The minimum absolute atomic E-state index is 0.328. The third-order valence-electron chi connectivity index (χ3n) is 3.97. The summed E-state index contributed by atoms with van der Waals surface area (Å²) in [7, 11) is 0. The Morgan fingerprint density at radius 1 is 0.957 bits per heavy atom. The normalized spacial score (nSPS) is 13.3. The lowest BCUT2D eigenvalue weighted by molar-refractivity contribution is -0.134. The van der Waals surface area contributed by atoms with Crippen LogP contribution in [-0.2, 0) is 17.6 Å². The molecular weight excluding hydrogens is 290 g/mol. The zero-order valence-corrected chi connectivity index (χ0v) is 13.1. The van der Waals surface area contributed by atoms with Crippen LogP contribution in [0.1, 0.15) is 24.0 Å². The maximum Gasteiger partial charge on any atom is 0.246 e. The lowest BCUT2D eigenvalue weighted by Crippen LogP contribution is -2.32. The summed E-state index contributed by atoms with van der Waals surface area (Å²) < 4.78 is 0. The van der Waals surface area contributed by atoms with Gasteiger partial charge < -0.3 is 5.11 Å². The van der Waals surface area contributed by atoms with Gasteiger partial charge in [-0.05, 0) is 36.8 Å². The van der Waals surface area contributed by atoms with Crippen LogP contribution >= 0.6 is 0 Å². The van der Waals surface area contributed by atoms with E-state index >= 15 is 0 Å². The molecule has 122 valence electrons. The number of hydrogen-bond acceptors (Lipinski definition) is 3. The molecule has 0 unspecified atom stereocenters. The number of benzene rings is 2. The van der Waals surface area contributed by atoms with Gasteiger partial charge in [0.15, 0.2) is 0 Å². The van der Waals surface area contributed by atoms with Crippen molar-refractivity contribution < 1.29 is 15.1 Å². The predicted octanol–water partition coefficient (Wildman–Crippen LogP) is 2.73. The van der Waals surface area contributed by atoms with E-state index in [1.54, 1.807) is 5.48 Å². The Labute approximate surface area is 136 Å². The molecule has 0 heterocycles. The largest absolute Gasteiger partial charge is 0.393 e. The average molecular weight is 313 g/mol. The maximum atomic E-state index is 11.9. The van der Waals surface area contributed by atoms with Gasteiger partial charge in [0.25, 0.3) is 0 Å². The summed E-state index contributed by atoms with van der Waals surface area (Å²) in [4.78, 5) is 11.9. The van der Waals surface area contributed by atoms with E-state index in [1.807, 2.05) is 60.7 Å². The molecule has 0 aromatic heterocycles. The smallest absolute Gasteiger partial charge is 0.246 e. The van der Waals surface area contributed by atoms with Gasteiger partial charge in [-0.15, -0.1) is 0 Å². The molecule has 0 aliphatic rings. The first-order chi connectivity index (χ1) is 11.2. The highest BCUT2D eigenvalue weighted by atomic mass is 16.5. The van der Waals surface area contributed by atoms with Crippen LogP contribution in [-0.4, -0.2) is 22.3 Å². The SMILES string of the molecule is O=C(NO)[C@H](Cc1ccccc1)C[C@@H](O)CCc1ccccc1. The highest BCUT2D eigenvalue weighted by Gasteiger charge is 2.22. The molecule has 3 N–H and O–H groups in total. The number of hydrogen-bond donors (Lipinski definition) is 3. The van der Waals surface area contributed by atoms with Gasteiger partial charge in [0.05, 0.1) is 6.10 Å². The van der Waals surface area contributed by atoms with Crippen LogP contribution in [0.5, 0.6) is 0 Å². The van der Waals surface area contributed by atoms with E-state index in [4.69, 9.17) is 5.21 Å². The first-order valence-electron chi connectivity index (χ1n) is 7.89. The molecule has 2 aromatic carbocycles. The summed E-state index contributed by atoms with van der Waals surface area (Å²) in [6.07, 6.45) is 1.60. The van der Waals surface area contributed by atoms with Crippen molar-refractivity contribution in [2.24, 2.45) is 5.92 Å². The molecule has 2 aromatic rings. The number of aryl methyl sites for hydroxylation is 1. The van der Waals surface area contributed by atoms with E-state index < -0.39 is 17.9 Å². The summed E-state index contributed by atoms with van der Waals surface area (Å²) in [5, 5.41) is 19.2. The van der Waals surface area contributed by atoms with E-state index in [0.29, 0.717) is 19.3 Å². The van der Waals surface area contributed by atoms with Crippen LogP contribution in [0.25, 0.3) is 0 Å². The van der Waals surface area contributed by atoms with Gasteiger partial charge in [-0.1, -0.05) is 60.7 Å². The quantitative estimate of drug-likeness (QED) is 0.518. The van der Waals surface area contributed by atoms with Crippen molar-refractivity contribution in [3.05, 3.63) is 71.8 Å². The fraction of sp³-hybridized carbons (Fsp3) is 0.316. The monoisotopic (exact) mass is 313 g/mol. The van der Waals surface area contributed by atoms with Crippen molar-refractivity contribution in [1.82, 2.24) is 5.48 Å². The van der Waals surface area contributed by atoms with Gasteiger partial charge >= 0.3 is 0 Å². The first kappa shape index (κ1) is 17.2. The van der Waals surface area contributed by atoms with Gasteiger partial charge in [-0.25, -0.2) is 5.48 Å². The Balaban J connectivity index is 1.90. The second-order valence-corrected chi connectivity index (χ2v) is 5.78. The van der Waals surface area contributed by atoms with Gasteiger partial charge in [0.1, 0.15) is 0 Å². The second kappa shape index (κ2) is 9.08. The fourth-order valence-electron chi connectivity index (χ4n) is 2.70. The molecule has 0 aliphatic heterocycles. The summed E-state index contributed by atoms with van der Waals surface area (Å²) in [6, 6.07) is 19.6. The first-order valence-corrected chi connectivity index (χ1v) is 7.89. The number of rotatable bonds is 8. The van der Waals surface area contributed by atoms with E-state index in [-0.39, 0.29) is 0 Å². The lowest BCUT2D eigenvalue weighted by Gasteiger charge is -2.19. The maximum absolute atomic E-state index is 11.9. The van der Waals surface area contributed by atoms with E-state index in [9.17, 15) is 9.90 Å². The molecule has 2 rings (SSSR count). The Morgan fingerprint density at radius 2 is 1.52 bits per heavy atom. The molecule has 0 radical (unpaired) electrons. The van der Waals surface area contributed by atoms with Crippen LogP contribution in [0.2, 0.25) is 0 Å². The number of carbonyl (C=O) groups is 1. The Hall–Kier alpha value is -2.17. The highest BCUT2D eigenvalue weighted by molar-refractivity contribution is 5.77. The Morgan fingerprint density at radius 3 is 2.09 bits per heavy atom. The van der Waals surface area contributed by atoms with Crippen LogP contribution in [0.4, 0.5) is 0 Å². The number of hydroxylamine groups is 1. The topological polar surface area (TPSA) is 69.6 Å². The Kier molecular flexibility index (Phi) is 6.78. The van der Waals surface area contributed by atoms with Crippen LogP contribution in [0, 0.1) is 5.92 Å². The molecule has 4 nitrogen and oxygen atoms in total. The van der Waals surface area contributed by atoms with E-state index in [2.05, 4.69) is 0 Å². The zero-order valence-electron chi connectivity index (χ0n) is 13.1. The fourth-order valence-corrected chi connectivity index (χ4v) is 2.70. The predicted molar refractivity (Wildman–Crippen MR) is 89.0 cm³/mol. The molecule has 4 heteroatoms. The van der Waals surface area contributed by atoms with Crippen molar-refractivity contribution >= 4 is 5.91 Å². The van der Waals surface area contributed by atoms with Crippen molar-refractivity contribution in [1.29, 1.82) is 0 Å². The number of nitrogens with one attached hydrogen (secondary N) is 1. The van der Waals surface area contributed by atoms with Crippen molar-refractivity contribution in [3.8, 4) is 0 Å². The third-order valence-corrected chi connectivity index (χ3v) is 3.97. The van der Waals surface area contributed by atoms with Gasteiger partial charge in [0.2, 0.25) is 5.91 Å². The van der Waals surface area contributed by atoms with Gasteiger partial charge in [-0.3, -0.25) is 10.0 Å². The Bertz CT molecular complexity index is 586. The summed E-state index contributed by atoms with van der Waals surface area (Å²) in [5.41, 5.74) is 3.89. The van der Waals surface area contributed by atoms with Crippen LogP contribution in [0.3, 0.4) is 0 Å². The molecule has 0 spiro atoms. The molecule has 1 amide bonds. The molecule has 0 fully saturated rings. The van der Waals surface area contributed by atoms with E-state index in [1.165, 1.54) is 0 Å². The van der Waals surface area contributed by atoms with Crippen molar-refractivity contribution in [2.45, 2.75) is 31.8 Å². The van der Waals surface area contributed by atoms with Gasteiger partial charge in [0, 0.05) is 5.92 Å². The summed E-state index contributed by atoms with van der Waals surface area (Å²) in [6.45, 7) is 0. The molecular formula is C19H23NO3. The van der Waals surface area contributed by atoms with Gasteiger partial charge in [-0.2, -0.15) is 0 Å². The lowest BCUT2D eigenvalue weighted by atomic mass is 9.91. The molecule has 0 aliphatic carbocycles. The van der Waals surface area contributed by atoms with Crippen molar-refractivity contribution in [2.75, 3.05) is 0 Å². The minimum Gasteiger partial charge on any atom is -0.393 e. The van der Waals surface area contributed by atoms with Crippen LogP contribution < -0.4 is 5.48 Å². The zero-order chi connectivity index (χ0) is 16.5. The van der Waals surface area contributed by atoms with E-state index in [0.717, 1.165) is 17.5 Å². The molecule has 0 saturated heterocycles. The number of carbonyl (C=O) groups excluding carboxylic acids is 1. The molecule has 0 saturated carbocycles. The second-order valence-electron chi connectivity index (χ2n) is 5.78. The third kappa shape index (κ3) is 5.85. The standard InChI is InChI=1S/C19H23NO3/c21-18(12-11-15-7-3-1-4-8-15)14-17(19(22)20-23)13-16-9-5-2-6-10-16/h1-10,17-18,21,23H,11-14H2,(H,20,22)/t17-,18+/m1/s1. The van der Waals surface area contributed by atoms with Crippen molar-refractivity contribution in [3.63, 3.8) is 0 Å². The molecule has 23 heavy (non-hydrogen) atoms. The summed E-state index contributed by atoms with van der Waals surface area (Å²) in [5.74, 6) is -0.902.